The normalized spacial score (nSPS) is 20.2. The number of amidine groups is 1. The molecule has 0 bridgehead atoms. The van der Waals surface area contributed by atoms with Gasteiger partial charge in [-0.2, -0.15) is 26.3 Å². The van der Waals surface area contributed by atoms with Crippen LogP contribution in [0, 0.1) is 25.7 Å². The number of nitrogens with zero attached hydrogens (tertiary/aromatic N) is 4. The Kier molecular flexibility index (Phi) is 15.7. The molecule has 2 aromatic carbocycles. The molecule has 0 aliphatic heterocycles. The van der Waals surface area contributed by atoms with Gasteiger partial charge in [-0.05, 0) is 102 Å². The number of ether oxygens (including phenoxy) is 4. The van der Waals surface area contributed by atoms with Crippen LogP contribution >= 0.6 is 0 Å². The van der Waals surface area contributed by atoms with Gasteiger partial charge in [0.25, 0.3) is 0 Å². The van der Waals surface area contributed by atoms with E-state index in [4.69, 9.17) is 38.7 Å². The zero-order valence-electron chi connectivity index (χ0n) is 37.3. The summed E-state index contributed by atoms with van der Waals surface area (Å²) in [7, 11) is 2.95. The Morgan fingerprint density at radius 3 is 1.62 bits per heavy atom. The van der Waals surface area contributed by atoms with Crippen LogP contribution in [0.5, 0.6) is 23.0 Å². The van der Waals surface area contributed by atoms with Gasteiger partial charge in [0.2, 0.25) is 0 Å². The van der Waals surface area contributed by atoms with Crippen molar-refractivity contribution in [1.29, 1.82) is 0 Å². The highest BCUT2D eigenvalue weighted by atomic mass is 19.4. The van der Waals surface area contributed by atoms with Gasteiger partial charge in [0.15, 0.2) is 47.2 Å². The molecule has 2 fully saturated rings. The molecule has 4 N–H and O–H groups in total. The van der Waals surface area contributed by atoms with Crippen molar-refractivity contribution in [2.24, 2.45) is 22.7 Å². The molecule has 7 rings (SSSR count). The Morgan fingerprint density at radius 1 is 0.773 bits per heavy atom. The SMILES string of the molecule is CCC(Oc1ccc(-c2noc(=O)[nH]2)c(OC)c1)c1oc(C2CCC(C(F)(F)F)CC2)nc1C.CCC(Oc1ccc(C(N)=NO)c(OC)c1)c1oc(C2CCC(C(F)(F)F)CC2)nc1C. The molecule has 0 spiro atoms. The third-order valence-corrected chi connectivity index (χ3v) is 12.1. The summed E-state index contributed by atoms with van der Waals surface area (Å²) in [6, 6.07) is 9.97. The minimum atomic E-state index is -4.15. The van der Waals surface area contributed by atoms with Gasteiger partial charge in [0.1, 0.15) is 23.0 Å². The topological polar surface area (TPSA) is 206 Å². The van der Waals surface area contributed by atoms with Gasteiger partial charge in [-0.1, -0.05) is 24.2 Å². The van der Waals surface area contributed by atoms with Crippen LogP contribution in [-0.4, -0.2) is 57.7 Å². The molecule has 66 heavy (non-hydrogen) atoms. The second kappa shape index (κ2) is 21.0. The largest absolute Gasteiger partial charge is 0.496 e. The van der Waals surface area contributed by atoms with Crippen LogP contribution in [0.2, 0.25) is 0 Å². The van der Waals surface area contributed by atoms with Gasteiger partial charge >= 0.3 is 18.1 Å². The lowest BCUT2D eigenvalue weighted by atomic mass is 9.81. The van der Waals surface area contributed by atoms with E-state index in [1.807, 2.05) is 13.8 Å². The van der Waals surface area contributed by atoms with Crippen LogP contribution in [0.25, 0.3) is 11.4 Å². The molecule has 2 aliphatic rings. The molecule has 0 radical (unpaired) electrons. The van der Waals surface area contributed by atoms with Gasteiger partial charge in [-0.3, -0.25) is 9.51 Å². The zero-order chi connectivity index (χ0) is 47.9. The van der Waals surface area contributed by atoms with Crippen molar-refractivity contribution < 1.29 is 63.9 Å². The molecule has 2 saturated carbocycles. The van der Waals surface area contributed by atoms with Crippen molar-refractivity contribution >= 4 is 5.84 Å². The summed E-state index contributed by atoms with van der Waals surface area (Å²) in [5.74, 6) is 0.566. The number of alkyl halides is 6. The Labute approximate surface area is 376 Å². The van der Waals surface area contributed by atoms with Gasteiger partial charge in [0, 0.05) is 24.0 Å². The molecular formula is C45H54F6N6O9. The van der Waals surface area contributed by atoms with E-state index in [0.29, 0.717) is 107 Å². The molecule has 2 atom stereocenters. The van der Waals surface area contributed by atoms with E-state index >= 15 is 0 Å². The molecule has 0 saturated heterocycles. The molecule has 2 unspecified atom stereocenters. The predicted molar refractivity (Wildman–Crippen MR) is 226 cm³/mol. The summed E-state index contributed by atoms with van der Waals surface area (Å²) >= 11 is 0. The van der Waals surface area contributed by atoms with E-state index in [2.05, 4.69) is 29.8 Å². The molecule has 0 amide bonds. The first-order valence-corrected chi connectivity index (χ1v) is 21.7. The number of nitrogens with one attached hydrogen (secondary N) is 1. The summed E-state index contributed by atoms with van der Waals surface area (Å²) in [5.41, 5.74) is 7.92. The smallest absolute Gasteiger partial charge is 0.439 e. The lowest BCUT2D eigenvalue weighted by Crippen LogP contribution is -2.27. The molecule has 15 nitrogen and oxygen atoms in total. The van der Waals surface area contributed by atoms with Gasteiger partial charge in [-0.15, -0.1) is 0 Å². The maximum absolute atomic E-state index is 13.0. The minimum Gasteiger partial charge on any atom is -0.496 e. The van der Waals surface area contributed by atoms with E-state index in [1.165, 1.54) is 14.2 Å². The Morgan fingerprint density at radius 2 is 1.23 bits per heavy atom. The summed E-state index contributed by atoms with van der Waals surface area (Å²) in [5, 5.41) is 15.6. The second-order valence-electron chi connectivity index (χ2n) is 16.4. The minimum absolute atomic E-state index is 0.0849. The maximum Gasteiger partial charge on any atom is 0.439 e. The standard InChI is InChI=1S/C23H26F3N3O5.C22H28F3N3O4/c1-4-17(32-15-9-10-16(18(11-15)31-3)20-28-22(30)34-29-20)19-12(2)27-21(33-19)13-5-7-14(8-6-13)23(24,25)26;1-4-17(31-15-9-10-16(20(26)28-29)18(11-15)30-3)19-12(2)27-21(32-19)13-5-7-14(8-6-13)22(23,24)25/h9-11,13-14,17H,4-8H2,1-3H3,(H,28,29,30);9-11,13-14,17,29H,4-8H2,1-3H3,(H2,26,28). The molecule has 3 aromatic heterocycles. The average Bonchev–Trinajstić information content (AvgIpc) is 4.04. The number of halogens is 6. The fourth-order valence-corrected chi connectivity index (χ4v) is 8.41. The zero-order valence-corrected chi connectivity index (χ0v) is 37.3. The number of nitrogens with two attached hydrogens (primary N) is 1. The third kappa shape index (κ3) is 11.6. The molecule has 21 heteroatoms. The van der Waals surface area contributed by atoms with Crippen LogP contribution in [0.1, 0.15) is 142 Å². The average molecular weight is 937 g/mol. The Bertz CT molecular complexity index is 2460. The molecule has 360 valence electrons. The van der Waals surface area contributed by atoms with Crippen molar-refractivity contribution in [2.45, 2.75) is 128 Å². The van der Waals surface area contributed by atoms with Gasteiger partial charge in [-0.25, -0.2) is 14.8 Å². The summed E-state index contributed by atoms with van der Waals surface area (Å²) in [4.78, 5) is 22.8. The second-order valence-corrected chi connectivity index (χ2v) is 16.4. The highest BCUT2D eigenvalue weighted by molar-refractivity contribution is 5.99. The first kappa shape index (κ1) is 49.3. The Hall–Kier alpha value is -6.15. The number of oxime groups is 1. The quantitative estimate of drug-likeness (QED) is 0.0312. The first-order chi connectivity index (χ1) is 31.4. The molecule has 3 heterocycles. The highest BCUT2D eigenvalue weighted by Crippen LogP contribution is 2.45. The summed E-state index contributed by atoms with van der Waals surface area (Å²) < 4.78 is 117. The maximum atomic E-state index is 13.0. The summed E-state index contributed by atoms with van der Waals surface area (Å²) in [6.07, 6.45) is -6.10. The monoisotopic (exact) mass is 936 g/mol. The molecule has 2 aliphatic carbocycles. The van der Waals surface area contributed by atoms with Crippen molar-refractivity contribution in [2.75, 3.05) is 14.2 Å². The van der Waals surface area contributed by atoms with E-state index in [1.54, 1.807) is 50.2 Å². The van der Waals surface area contributed by atoms with Crippen LogP contribution in [-0.2, 0) is 0 Å². The lowest BCUT2D eigenvalue weighted by Gasteiger charge is -2.28. The summed E-state index contributed by atoms with van der Waals surface area (Å²) in [6.45, 7) is 7.48. The first-order valence-electron chi connectivity index (χ1n) is 21.7. The predicted octanol–water partition coefficient (Wildman–Crippen LogP) is 11.2. The Balaban J connectivity index is 0.000000219. The van der Waals surface area contributed by atoms with Crippen LogP contribution < -0.4 is 30.4 Å². The number of hydrogen-bond acceptors (Lipinski definition) is 13. The number of aryl methyl sites for hydroxylation is 2. The number of aromatic amines is 1. The van der Waals surface area contributed by atoms with Crippen molar-refractivity contribution in [3.63, 3.8) is 0 Å². The van der Waals surface area contributed by atoms with Crippen LogP contribution in [0.3, 0.4) is 0 Å². The van der Waals surface area contributed by atoms with Crippen molar-refractivity contribution in [3.05, 3.63) is 87.2 Å². The van der Waals surface area contributed by atoms with E-state index in [0.717, 1.165) is 0 Å². The van der Waals surface area contributed by atoms with E-state index in [-0.39, 0.29) is 49.2 Å². The number of oxazole rings is 2. The number of methoxy groups -OCH3 is 2. The van der Waals surface area contributed by atoms with E-state index in [9.17, 15) is 31.1 Å². The number of benzene rings is 2. The molecular weight excluding hydrogens is 883 g/mol. The van der Waals surface area contributed by atoms with Crippen LogP contribution in [0.4, 0.5) is 26.3 Å². The number of aromatic nitrogens is 4. The van der Waals surface area contributed by atoms with Crippen molar-refractivity contribution in [1.82, 2.24) is 20.1 Å². The van der Waals surface area contributed by atoms with Gasteiger partial charge < -0.3 is 38.7 Å². The third-order valence-electron chi connectivity index (χ3n) is 12.1. The molecule has 5 aromatic rings. The fourth-order valence-electron chi connectivity index (χ4n) is 8.41. The number of hydrogen-bond donors (Lipinski definition) is 3. The van der Waals surface area contributed by atoms with E-state index < -0.39 is 42.2 Å². The highest BCUT2D eigenvalue weighted by Gasteiger charge is 2.44. The number of rotatable bonds is 14. The number of H-pyrrole nitrogens is 1. The lowest BCUT2D eigenvalue weighted by molar-refractivity contribution is -0.183. The van der Waals surface area contributed by atoms with Gasteiger partial charge in [0.05, 0.1) is 48.6 Å². The fraction of sp³-hybridized carbons (Fsp3) is 0.533. The van der Waals surface area contributed by atoms with Crippen molar-refractivity contribution in [3.8, 4) is 34.4 Å². The van der Waals surface area contributed by atoms with Crippen LogP contribution in [0.15, 0.2) is 59.7 Å².